The van der Waals surface area contributed by atoms with Gasteiger partial charge in [-0.1, -0.05) is 11.6 Å². The zero-order chi connectivity index (χ0) is 11.1. The molecule has 0 bridgehead atoms. The molecule has 82 valence electrons. The number of nitrogen functional groups attached to an aromatic ring is 1. The second-order valence-electron chi connectivity index (χ2n) is 3.91. The topological polar surface area (TPSA) is 60.2 Å². The summed E-state index contributed by atoms with van der Waals surface area (Å²) in [5, 5.41) is 0.254. The van der Waals surface area contributed by atoms with Crippen LogP contribution < -0.4 is 5.73 Å². The third-order valence-electron chi connectivity index (χ3n) is 2.44. The number of nitrogens with two attached hydrogens (primary N) is 1. The Morgan fingerprint density at radius 2 is 2.07 bits per heavy atom. The molecule has 2 rings (SSSR count). The fraction of sp³-hybridized carbons (Fsp3) is 0.400. The summed E-state index contributed by atoms with van der Waals surface area (Å²) in [6.45, 7) is 0. The van der Waals surface area contributed by atoms with Crippen molar-refractivity contribution in [1.29, 1.82) is 0 Å². The number of rotatable bonds is 3. The van der Waals surface area contributed by atoms with Crippen LogP contribution in [0.2, 0.25) is 5.02 Å². The van der Waals surface area contributed by atoms with Gasteiger partial charge in [0, 0.05) is 5.69 Å². The Bertz CT molecular complexity index is 480. The number of anilines is 1. The van der Waals surface area contributed by atoms with Crippen LogP contribution in [0.1, 0.15) is 12.8 Å². The summed E-state index contributed by atoms with van der Waals surface area (Å²) in [6, 6.07) is 4.55. The Hall–Kier alpha value is -0.740. The molecule has 1 aromatic carbocycles. The second kappa shape index (κ2) is 3.68. The lowest BCUT2D eigenvalue weighted by atomic mass is 10.3. The molecule has 0 aliphatic heterocycles. The summed E-state index contributed by atoms with van der Waals surface area (Å²) in [7, 11) is -3.26. The van der Waals surface area contributed by atoms with Gasteiger partial charge in [0.25, 0.3) is 0 Å². The van der Waals surface area contributed by atoms with Crippen molar-refractivity contribution in [3.05, 3.63) is 23.2 Å². The highest BCUT2D eigenvalue weighted by Gasteiger charge is 2.30. The monoisotopic (exact) mass is 245 g/mol. The number of hydrogen-bond donors (Lipinski definition) is 1. The minimum Gasteiger partial charge on any atom is -0.399 e. The Balaban J connectivity index is 2.38. The SMILES string of the molecule is Nc1ccc(Cl)c(S(=O)(=O)CC2CC2)c1. The minimum atomic E-state index is -3.26. The van der Waals surface area contributed by atoms with Crippen LogP contribution in [0, 0.1) is 5.92 Å². The summed E-state index contributed by atoms with van der Waals surface area (Å²) in [5.74, 6) is 0.503. The summed E-state index contributed by atoms with van der Waals surface area (Å²) in [5.41, 5.74) is 5.97. The lowest BCUT2D eigenvalue weighted by Crippen LogP contribution is -2.09. The van der Waals surface area contributed by atoms with E-state index in [1.807, 2.05) is 0 Å². The Morgan fingerprint density at radius 1 is 1.40 bits per heavy atom. The third-order valence-corrected chi connectivity index (χ3v) is 4.80. The van der Waals surface area contributed by atoms with Gasteiger partial charge in [0.1, 0.15) is 0 Å². The van der Waals surface area contributed by atoms with Crippen LogP contribution in [-0.4, -0.2) is 14.2 Å². The van der Waals surface area contributed by atoms with Gasteiger partial charge in [0.2, 0.25) is 0 Å². The van der Waals surface area contributed by atoms with E-state index in [9.17, 15) is 8.42 Å². The van der Waals surface area contributed by atoms with Gasteiger partial charge in [-0.3, -0.25) is 0 Å². The predicted octanol–water partition coefficient (Wildman–Crippen LogP) is 2.11. The van der Waals surface area contributed by atoms with Gasteiger partial charge in [-0.2, -0.15) is 0 Å². The molecule has 0 atom stereocenters. The number of benzene rings is 1. The van der Waals surface area contributed by atoms with Crippen LogP contribution in [0.25, 0.3) is 0 Å². The molecule has 0 spiro atoms. The van der Waals surface area contributed by atoms with E-state index in [4.69, 9.17) is 17.3 Å². The van der Waals surface area contributed by atoms with E-state index in [-0.39, 0.29) is 15.7 Å². The van der Waals surface area contributed by atoms with E-state index < -0.39 is 9.84 Å². The lowest BCUT2D eigenvalue weighted by molar-refractivity contribution is 0.592. The molecule has 1 aliphatic carbocycles. The van der Waals surface area contributed by atoms with Crippen LogP contribution in [0.5, 0.6) is 0 Å². The first kappa shape index (κ1) is 10.8. The van der Waals surface area contributed by atoms with Crippen LogP contribution in [0.3, 0.4) is 0 Å². The third kappa shape index (κ3) is 2.44. The molecule has 0 aromatic heterocycles. The molecule has 5 heteroatoms. The van der Waals surface area contributed by atoms with Gasteiger partial charge in [-0.15, -0.1) is 0 Å². The van der Waals surface area contributed by atoms with Crippen LogP contribution in [-0.2, 0) is 9.84 Å². The van der Waals surface area contributed by atoms with Crippen molar-refractivity contribution in [2.75, 3.05) is 11.5 Å². The van der Waals surface area contributed by atoms with Gasteiger partial charge >= 0.3 is 0 Å². The zero-order valence-electron chi connectivity index (χ0n) is 8.11. The maximum Gasteiger partial charge on any atom is 0.180 e. The second-order valence-corrected chi connectivity index (χ2v) is 6.32. The average molecular weight is 246 g/mol. The molecule has 2 N–H and O–H groups in total. The Kier molecular flexibility index (Phi) is 2.64. The largest absolute Gasteiger partial charge is 0.399 e. The first-order valence-corrected chi connectivity index (χ1v) is 6.80. The van der Waals surface area contributed by atoms with Crippen molar-refractivity contribution in [1.82, 2.24) is 0 Å². The Labute approximate surface area is 94.2 Å². The lowest BCUT2D eigenvalue weighted by Gasteiger charge is -2.06. The van der Waals surface area contributed by atoms with Gasteiger partial charge in [0.05, 0.1) is 15.7 Å². The van der Waals surface area contributed by atoms with Gasteiger partial charge in [-0.25, -0.2) is 8.42 Å². The van der Waals surface area contributed by atoms with E-state index in [0.29, 0.717) is 11.6 Å². The molecule has 3 nitrogen and oxygen atoms in total. The maximum atomic E-state index is 11.9. The molecule has 0 radical (unpaired) electrons. The van der Waals surface area contributed by atoms with E-state index >= 15 is 0 Å². The van der Waals surface area contributed by atoms with Crippen molar-refractivity contribution >= 4 is 27.1 Å². The minimum absolute atomic E-state index is 0.163. The number of hydrogen-bond acceptors (Lipinski definition) is 3. The summed E-state index contributed by atoms with van der Waals surface area (Å²) < 4.78 is 23.8. The van der Waals surface area contributed by atoms with Gasteiger partial charge in [-0.05, 0) is 37.0 Å². The smallest absolute Gasteiger partial charge is 0.180 e. The van der Waals surface area contributed by atoms with Gasteiger partial charge < -0.3 is 5.73 Å². The fourth-order valence-corrected chi connectivity index (χ4v) is 3.73. The van der Waals surface area contributed by atoms with E-state index in [1.165, 1.54) is 12.1 Å². The van der Waals surface area contributed by atoms with E-state index in [0.717, 1.165) is 12.8 Å². The van der Waals surface area contributed by atoms with E-state index in [1.54, 1.807) is 6.07 Å². The average Bonchev–Trinajstić information content (AvgIpc) is 2.92. The highest BCUT2D eigenvalue weighted by atomic mass is 35.5. The molecule has 0 unspecified atom stereocenters. The highest BCUT2D eigenvalue weighted by Crippen LogP contribution is 2.34. The molecule has 1 aromatic rings. The normalized spacial score (nSPS) is 16.6. The van der Waals surface area contributed by atoms with Crippen molar-refractivity contribution in [3.63, 3.8) is 0 Å². The summed E-state index contributed by atoms with van der Waals surface area (Å²) in [6.07, 6.45) is 2.00. The molecule has 1 saturated carbocycles. The molecule has 0 heterocycles. The molecule has 0 amide bonds. The molecule has 1 fully saturated rings. The highest BCUT2D eigenvalue weighted by molar-refractivity contribution is 7.91. The predicted molar refractivity (Wildman–Crippen MR) is 60.6 cm³/mol. The van der Waals surface area contributed by atoms with Crippen molar-refractivity contribution in [2.24, 2.45) is 5.92 Å². The van der Waals surface area contributed by atoms with Crippen LogP contribution >= 0.6 is 11.6 Å². The van der Waals surface area contributed by atoms with Crippen LogP contribution in [0.4, 0.5) is 5.69 Å². The quantitative estimate of drug-likeness (QED) is 0.830. The van der Waals surface area contributed by atoms with Crippen molar-refractivity contribution in [2.45, 2.75) is 17.7 Å². The van der Waals surface area contributed by atoms with Crippen molar-refractivity contribution < 1.29 is 8.42 Å². The standard InChI is InChI=1S/C10H12ClNO2S/c11-9-4-3-8(12)5-10(9)15(13,14)6-7-1-2-7/h3-5,7H,1-2,6,12H2. The van der Waals surface area contributed by atoms with E-state index in [2.05, 4.69) is 0 Å². The maximum absolute atomic E-state index is 11.9. The molecule has 1 aliphatic rings. The van der Waals surface area contributed by atoms with Gasteiger partial charge in [0.15, 0.2) is 9.84 Å². The molecule has 15 heavy (non-hydrogen) atoms. The Morgan fingerprint density at radius 3 is 2.67 bits per heavy atom. The zero-order valence-corrected chi connectivity index (χ0v) is 9.68. The van der Waals surface area contributed by atoms with Crippen molar-refractivity contribution in [3.8, 4) is 0 Å². The first-order chi connectivity index (χ1) is 6.99. The van der Waals surface area contributed by atoms with Crippen LogP contribution in [0.15, 0.2) is 23.1 Å². The molecule has 0 saturated heterocycles. The summed E-state index contributed by atoms with van der Waals surface area (Å²) >= 11 is 5.85. The fourth-order valence-electron chi connectivity index (χ4n) is 1.44. The number of halogens is 1. The number of sulfone groups is 1. The first-order valence-electron chi connectivity index (χ1n) is 4.77. The summed E-state index contributed by atoms with van der Waals surface area (Å²) in [4.78, 5) is 0.163. The molecular weight excluding hydrogens is 234 g/mol. The molecular formula is C10H12ClNO2S.